The largest absolute Gasteiger partial charge is 0.493 e. The first-order valence-electron chi connectivity index (χ1n) is 5.28. The van der Waals surface area contributed by atoms with Crippen molar-refractivity contribution in [2.24, 2.45) is 5.73 Å². The van der Waals surface area contributed by atoms with Gasteiger partial charge in [-0.1, -0.05) is 13.0 Å². The molecule has 16 heavy (non-hydrogen) atoms. The Morgan fingerprint density at radius 2 is 1.94 bits per heavy atom. The van der Waals surface area contributed by atoms with Crippen LogP contribution in [-0.4, -0.2) is 25.7 Å². The number of thioether (sulfide) groups is 1. The lowest BCUT2D eigenvalue weighted by Gasteiger charge is -2.14. The van der Waals surface area contributed by atoms with Gasteiger partial charge >= 0.3 is 0 Å². The van der Waals surface area contributed by atoms with Crippen molar-refractivity contribution in [1.82, 2.24) is 0 Å². The molecular formula is C12H19NO2S. The molecule has 0 fully saturated rings. The van der Waals surface area contributed by atoms with E-state index in [1.165, 1.54) is 0 Å². The molecule has 1 aromatic rings. The van der Waals surface area contributed by atoms with Gasteiger partial charge in [0.15, 0.2) is 11.5 Å². The maximum Gasteiger partial charge on any atom is 0.161 e. The van der Waals surface area contributed by atoms with Gasteiger partial charge in [-0.25, -0.2) is 0 Å². The highest BCUT2D eigenvalue weighted by Gasteiger charge is 2.10. The minimum Gasteiger partial charge on any atom is -0.493 e. The van der Waals surface area contributed by atoms with Crippen LogP contribution in [0, 0.1) is 0 Å². The molecule has 0 saturated heterocycles. The van der Waals surface area contributed by atoms with Gasteiger partial charge in [-0.3, -0.25) is 0 Å². The van der Waals surface area contributed by atoms with Gasteiger partial charge in [0.05, 0.1) is 14.2 Å². The second-order valence-corrected chi connectivity index (χ2v) is 4.70. The van der Waals surface area contributed by atoms with Gasteiger partial charge < -0.3 is 15.2 Å². The van der Waals surface area contributed by atoms with Crippen molar-refractivity contribution in [2.45, 2.75) is 13.0 Å². The monoisotopic (exact) mass is 241 g/mol. The van der Waals surface area contributed by atoms with Crippen LogP contribution in [0.3, 0.4) is 0 Å². The third-order valence-corrected chi connectivity index (χ3v) is 3.34. The zero-order valence-corrected chi connectivity index (χ0v) is 10.8. The highest BCUT2D eigenvalue weighted by molar-refractivity contribution is 7.99. The molecule has 0 amide bonds. The third kappa shape index (κ3) is 3.32. The van der Waals surface area contributed by atoms with E-state index in [0.717, 1.165) is 28.6 Å². The van der Waals surface area contributed by atoms with Crippen LogP contribution in [-0.2, 0) is 0 Å². The molecular weight excluding hydrogens is 222 g/mol. The summed E-state index contributed by atoms with van der Waals surface area (Å²) in [6, 6.07) is 5.87. The summed E-state index contributed by atoms with van der Waals surface area (Å²) in [5, 5.41) is 0. The number of hydrogen-bond donors (Lipinski definition) is 1. The molecule has 0 aromatic heterocycles. The van der Waals surface area contributed by atoms with Gasteiger partial charge in [0, 0.05) is 11.8 Å². The second-order valence-electron chi connectivity index (χ2n) is 3.38. The molecule has 0 bridgehead atoms. The van der Waals surface area contributed by atoms with Crippen molar-refractivity contribution < 1.29 is 9.47 Å². The van der Waals surface area contributed by atoms with Crippen LogP contribution in [0.15, 0.2) is 18.2 Å². The van der Waals surface area contributed by atoms with E-state index < -0.39 is 0 Å². The lowest BCUT2D eigenvalue weighted by atomic mass is 10.1. The maximum atomic E-state index is 6.08. The fourth-order valence-electron chi connectivity index (χ4n) is 1.42. The van der Waals surface area contributed by atoms with Crippen molar-refractivity contribution in [3.8, 4) is 11.5 Å². The molecule has 0 heterocycles. The predicted molar refractivity (Wildman–Crippen MR) is 69.5 cm³/mol. The molecule has 1 atom stereocenters. The number of hydrogen-bond acceptors (Lipinski definition) is 4. The van der Waals surface area contributed by atoms with Crippen molar-refractivity contribution in [3.63, 3.8) is 0 Å². The number of nitrogens with two attached hydrogens (primary N) is 1. The Bertz CT molecular complexity index is 331. The van der Waals surface area contributed by atoms with Crippen molar-refractivity contribution in [1.29, 1.82) is 0 Å². The Hall–Kier alpha value is -0.870. The number of ether oxygens (including phenoxy) is 2. The minimum atomic E-state index is 0.0461. The topological polar surface area (TPSA) is 44.5 Å². The smallest absolute Gasteiger partial charge is 0.161 e. The molecule has 0 aliphatic heterocycles. The average Bonchev–Trinajstić information content (AvgIpc) is 2.34. The minimum absolute atomic E-state index is 0.0461. The van der Waals surface area contributed by atoms with E-state index in [1.54, 1.807) is 14.2 Å². The maximum absolute atomic E-state index is 6.08. The molecule has 0 saturated carbocycles. The zero-order chi connectivity index (χ0) is 12.0. The van der Waals surface area contributed by atoms with Crippen LogP contribution in [0.2, 0.25) is 0 Å². The Morgan fingerprint density at radius 1 is 1.25 bits per heavy atom. The number of benzene rings is 1. The number of methoxy groups -OCH3 is 2. The second kappa shape index (κ2) is 6.66. The molecule has 90 valence electrons. The molecule has 0 aliphatic rings. The highest BCUT2D eigenvalue weighted by Crippen LogP contribution is 2.30. The summed E-state index contributed by atoms with van der Waals surface area (Å²) in [7, 11) is 3.26. The average molecular weight is 241 g/mol. The number of rotatable bonds is 6. The molecule has 1 aromatic carbocycles. The van der Waals surface area contributed by atoms with Crippen LogP contribution in [0.5, 0.6) is 11.5 Å². The van der Waals surface area contributed by atoms with Gasteiger partial charge in [-0.05, 0) is 23.4 Å². The van der Waals surface area contributed by atoms with Gasteiger partial charge in [0.25, 0.3) is 0 Å². The van der Waals surface area contributed by atoms with Crippen molar-refractivity contribution in [2.75, 3.05) is 25.7 Å². The molecule has 2 N–H and O–H groups in total. The van der Waals surface area contributed by atoms with Crippen LogP contribution >= 0.6 is 11.8 Å². The fourth-order valence-corrected chi connectivity index (χ4v) is 2.11. The third-order valence-electron chi connectivity index (χ3n) is 2.34. The summed E-state index contributed by atoms with van der Waals surface area (Å²) in [6.45, 7) is 2.13. The normalized spacial score (nSPS) is 12.2. The van der Waals surface area contributed by atoms with Crippen LogP contribution in [0.25, 0.3) is 0 Å². The lowest BCUT2D eigenvalue weighted by molar-refractivity contribution is 0.354. The highest BCUT2D eigenvalue weighted by atomic mass is 32.2. The summed E-state index contributed by atoms with van der Waals surface area (Å²) >= 11 is 1.84. The van der Waals surface area contributed by atoms with E-state index in [0.29, 0.717) is 0 Å². The van der Waals surface area contributed by atoms with Crippen molar-refractivity contribution >= 4 is 11.8 Å². The first kappa shape index (κ1) is 13.2. The summed E-state index contributed by atoms with van der Waals surface area (Å²) in [5.74, 6) is 3.48. The molecule has 0 aliphatic carbocycles. The van der Waals surface area contributed by atoms with Gasteiger partial charge in [-0.2, -0.15) is 11.8 Å². The Morgan fingerprint density at radius 3 is 2.50 bits per heavy atom. The fraction of sp³-hybridized carbons (Fsp3) is 0.500. The zero-order valence-electron chi connectivity index (χ0n) is 10.0. The molecule has 4 heteroatoms. The molecule has 0 radical (unpaired) electrons. The summed E-state index contributed by atoms with van der Waals surface area (Å²) < 4.78 is 10.4. The quantitative estimate of drug-likeness (QED) is 0.831. The SMILES string of the molecule is CCSCC(N)c1ccc(OC)c(OC)c1. The molecule has 1 rings (SSSR count). The van der Waals surface area contributed by atoms with Gasteiger partial charge in [-0.15, -0.1) is 0 Å². The van der Waals surface area contributed by atoms with E-state index in [-0.39, 0.29) is 6.04 Å². The van der Waals surface area contributed by atoms with E-state index in [4.69, 9.17) is 15.2 Å². The van der Waals surface area contributed by atoms with E-state index in [1.807, 2.05) is 30.0 Å². The molecule has 0 spiro atoms. The lowest BCUT2D eigenvalue weighted by Crippen LogP contribution is -2.13. The molecule has 3 nitrogen and oxygen atoms in total. The standard InChI is InChI=1S/C12H19NO2S/c1-4-16-8-10(13)9-5-6-11(14-2)12(7-9)15-3/h5-7,10H,4,8,13H2,1-3H3. The summed E-state index contributed by atoms with van der Waals surface area (Å²) in [4.78, 5) is 0. The summed E-state index contributed by atoms with van der Waals surface area (Å²) in [6.07, 6.45) is 0. The summed E-state index contributed by atoms with van der Waals surface area (Å²) in [5.41, 5.74) is 7.16. The van der Waals surface area contributed by atoms with Crippen LogP contribution < -0.4 is 15.2 Å². The van der Waals surface area contributed by atoms with E-state index in [2.05, 4.69) is 6.92 Å². The Kier molecular flexibility index (Phi) is 5.49. The van der Waals surface area contributed by atoms with Crippen LogP contribution in [0.1, 0.15) is 18.5 Å². The first-order chi connectivity index (χ1) is 7.72. The van der Waals surface area contributed by atoms with E-state index in [9.17, 15) is 0 Å². The van der Waals surface area contributed by atoms with Crippen LogP contribution in [0.4, 0.5) is 0 Å². The predicted octanol–water partition coefficient (Wildman–Crippen LogP) is 2.46. The first-order valence-corrected chi connectivity index (χ1v) is 6.43. The molecule has 1 unspecified atom stereocenters. The van der Waals surface area contributed by atoms with E-state index >= 15 is 0 Å². The van der Waals surface area contributed by atoms with Crippen molar-refractivity contribution in [3.05, 3.63) is 23.8 Å². The Balaban J connectivity index is 2.81. The van der Waals surface area contributed by atoms with Gasteiger partial charge in [0.1, 0.15) is 0 Å². The van der Waals surface area contributed by atoms with Gasteiger partial charge in [0.2, 0.25) is 0 Å². The Labute approximate surface area is 101 Å².